The second-order valence-corrected chi connectivity index (χ2v) is 7.91. The highest BCUT2D eigenvalue weighted by Crippen LogP contribution is 2.27. The van der Waals surface area contributed by atoms with Gasteiger partial charge < -0.3 is 10.6 Å². The third kappa shape index (κ3) is 5.84. The van der Waals surface area contributed by atoms with Gasteiger partial charge in [-0.1, -0.05) is 25.4 Å². The van der Waals surface area contributed by atoms with Gasteiger partial charge in [0.25, 0.3) is 5.91 Å². The van der Waals surface area contributed by atoms with E-state index in [1.54, 1.807) is 20.0 Å². The van der Waals surface area contributed by atoms with E-state index in [1.807, 2.05) is 0 Å². The van der Waals surface area contributed by atoms with E-state index in [2.05, 4.69) is 25.7 Å². The molecule has 1 atom stereocenters. The molecule has 0 radical (unpaired) electrons. The number of hydrogen-bond donors (Lipinski definition) is 2. The number of pyridine rings is 1. The number of halogens is 5. The summed E-state index contributed by atoms with van der Waals surface area (Å²) in [4.78, 5) is 21.0. The first-order chi connectivity index (χ1) is 15.0. The normalized spacial score (nSPS) is 12.9. The van der Waals surface area contributed by atoms with Crippen LogP contribution in [0.4, 0.5) is 23.2 Å². The number of rotatable bonds is 8. The van der Waals surface area contributed by atoms with Crippen LogP contribution in [0.25, 0.3) is 16.9 Å². The molecule has 3 aromatic rings. The van der Waals surface area contributed by atoms with E-state index in [0.29, 0.717) is 21.9 Å². The first-order valence-corrected chi connectivity index (χ1v) is 10.1. The molecule has 0 aliphatic heterocycles. The van der Waals surface area contributed by atoms with Gasteiger partial charge in [-0.05, 0) is 12.0 Å². The molecule has 3 rings (SSSR count). The number of carbonyl (C=O) groups is 1. The fraction of sp³-hybridized carbons (Fsp3) is 0.400. The predicted octanol–water partition coefficient (Wildman–Crippen LogP) is 4.53. The molecule has 0 aliphatic rings. The Labute approximate surface area is 186 Å². The van der Waals surface area contributed by atoms with Gasteiger partial charge in [0.2, 0.25) is 0 Å². The van der Waals surface area contributed by atoms with Crippen molar-refractivity contribution in [2.45, 2.75) is 32.6 Å². The highest BCUT2D eigenvalue weighted by Gasteiger charge is 2.27. The minimum Gasteiger partial charge on any atom is -0.384 e. The summed E-state index contributed by atoms with van der Waals surface area (Å²) < 4.78 is 53.1. The largest absolute Gasteiger partial charge is 0.390 e. The lowest BCUT2D eigenvalue weighted by atomic mass is 10.1. The second-order valence-electron chi connectivity index (χ2n) is 7.48. The average molecular weight is 473 g/mol. The Morgan fingerprint density at radius 1 is 1.22 bits per heavy atom. The van der Waals surface area contributed by atoms with E-state index in [9.17, 15) is 22.4 Å². The molecule has 12 heteroatoms. The summed E-state index contributed by atoms with van der Waals surface area (Å²) in [5, 5.41) is 9.61. The van der Waals surface area contributed by atoms with Crippen LogP contribution in [0.5, 0.6) is 0 Å². The van der Waals surface area contributed by atoms with Crippen LogP contribution in [0.1, 0.15) is 30.6 Å². The molecule has 1 unspecified atom stereocenters. The van der Waals surface area contributed by atoms with Crippen LogP contribution in [0.2, 0.25) is 5.02 Å². The minimum absolute atomic E-state index is 0.000594. The van der Waals surface area contributed by atoms with Gasteiger partial charge in [0.15, 0.2) is 5.65 Å². The zero-order valence-electron chi connectivity index (χ0n) is 17.2. The van der Waals surface area contributed by atoms with Crippen molar-refractivity contribution in [3.63, 3.8) is 0 Å². The highest BCUT2D eigenvalue weighted by atomic mass is 35.5. The Kier molecular flexibility index (Phi) is 7.17. The summed E-state index contributed by atoms with van der Waals surface area (Å²) in [5.41, 5.74) is 1.39. The number of alkyl halides is 4. The summed E-state index contributed by atoms with van der Waals surface area (Å²) in [6.07, 6.45) is -1.05. The minimum atomic E-state index is -4.37. The highest BCUT2D eigenvalue weighted by molar-refractivity contribution is 6.30. The zero-order chi connectivity index (χ0) is 23.5. The molecule has 1 amide bonds. The summed E-state index contributed by atoms with van der Waals surface area (Å²) >= 11 is 5.91. The van der Waals surface area contributed by atoms with E-state index >= 15 is 0 Å². The molecule has 0 fully saturated rings. The topological polar surface area (TPSA) is 84.2 Å². The van der Waals surface area contributed by atoms with Crippen molar-refractivity contribution in [1.29, 1.82) is 0 Å². The monoisotopic (exact) mass is 472 g/mol. The summed E-state index contributed by atoms with van der Waals surface area (Å²) in [7, 11) is 0. The van der Waals surface area contributed by atoms with Crippen LogP contribution in [-0.4, -0.2) is 50.9 Å². The maximum absolute atomic E-state index is 13.9. The van der Waals surface area contributed by atoms with Crippen molar-refractivity contribution in [3.8, 4) is 11.3 Å². The van der Waals surface area contributed by atoms with Crippen LogP contribution < -0.4 is 10.6 Å². The summed E-state index contributed by atoms with van der Waals surface area (Å²) in [6, 6.07) is 1.44. The lowest BCUT2D eigenvalue weighted by Crippen LogP contribution is -2.33. The molecular formula is C20H21ClF4N6O. The van der Waals surface area contributed by atoms with Gasteiger partial charge in [-0.2, -0.15) is 18.3 Å². The fourth-order valence-corrected chi connectivity index (χ4v) is 2.96. The van der Waals surface area contributed by atoms with E-state index in [-0.39, 0.29) is 23.7 Å². The lowest BCUT2D eigenvalue weighted by Gasteiger charge is -2.16. The van der Waals surface area contributed by atoms with Gasteiger partial charge >= 0.3 is 6.18 Å². The van der Waals surface area contributed by atoms with Crippen LogP contribution in [0.3, 0.4) is 0 Å². The van der Waals surface area contributed by atoms with E-state index < -0.39 is 31.2 Å². The van der Waals surface area contributed by atoms with E-state index in [0.717, 1.165) is 0 Å². The van der Waals surface area contributed by atoms with Crippen LogP contribution in [0, 0.1) is 5.92 Å². The number of nitrogens with one attached hydrogen (secondary N) is 2. The first-order valence-electron chi connectivity index (χ1n) is 9.77. The molecule has 0 bridgehead atoms. The molecule has 3 aromatic heterocycles. The Hall–Kier alpha value is -2.95. The van der Waals surface area contributed by atoms with E-state index in [4.69, 9.17) is 11.6 Å². The maximum atomic E-state index is 13.9. The standard InChI is InChI=1S/C20H21ClF4N6O/c1-11(2)15(22)9-29-19(32)14-7-27-16(5-17(14)26-4-3-20(23,24)25)13-8-30-31-10-12(21)6-28-18(13)31/h5-8,10-11,15H,3-4,9H2,1-2H3,(H,26,27)(H,29,32). The molecule has 3 heterocycles. The van der Waals surface area contributed by atoms with Gasteiger partial charge in [-0.25, -0.2) is 13.9 Å². The van der Waals surface area contributed by atoms with Crippen molar-refractivity contribution in [1.82, 2.24) is 24.9 Å². The van der Waals surface area contributed by atoms with Crippen molar-refractivity contribution in [3.05, 3.63) is 41.4 Å². The van der Waals surface area contributed by atoms with Crippen molar-refractivity contribution in [2.24, 2.45) is 5.92 Å². The number of aromatic nitrogens is 4. The Morgan fingerprint density at radius 3 is 2.66 bits per heavy atom. The van der Waals surface area contributed by atoms with Gasteiger partial charge in [0.05, 0.1) is 46.3 Å². The van der Waals surface area contributed by atoms with Crippen LogP contribution in [0.15, 0.2) is 30.9 Å². The van der Waals surface area contributed by atoms with Crippen LogP contribution in [-0.2, 0) is 0 Å². The van der Waals surface area contributed by atoms with Crippen molar-refractivity contribution in [2.75, 3.05) is 18.4 Å². The third-order valence-corrected chi connectivity index (χ3v) is 4.85. The molecule has 7 nitrogen and oxygen atoms in total. The van der Waals surface area contributed by atoms with Gasteiger partial charge in [0.1, 0.15) is 6.17 Å². The molecular weight excluding hydrogens is 452 g/mol. The Balaban J connectivity index is 1.91. The van der Waals surface area contributed by atoms with Gasteiger partial charge in [-0.15, -0.1) is 0 Å². The molecule has 0 aliphatic carbocycles. The van der Waals surface area contributed by atoms with Crippen LogP contribution >= 0.6 is 11.6 Å². The van der Waals surface area contributed by atoms with Crippen molar-refractivity contribution < 1.29 is 22.4 Å². The van der Waals surface area contributed by atoms with Gasteiger partial charge in [-0.3, -0.25) is 9.78 Å². The molecule has 32 heavy (non-hydrogen) atoms. The predicted molar refractivity (Wildman–Crippen MR) is 112 cm³/mol. The zero-order valence-corrected chi connectivity index (χ0v) is 18.0. The molecule has 0 saturated carbocycles. The Morgan fingerprint density at radius 2 is 1.97 bits per heavy atom. The SMILES string of the molecule is CC(C)C(F)CNC(=O)c1cnc(-c2cnn3cc(Cl)cnc23)cc1NCCC(F)(F)F. The number of nitrogens with zero attached hydrogens (tertiary/aromatic N) is 4. The Bertz CT molecular complexity index is 1100. The first kappa shape index (κ1) is 23.7. The molecule has 0 saturated heterocycles. The smallest absolute Gasteiger partial charge is 0.384 e. The second kappa shape index (κ2) is 9.68. The molecule has 172 valence electrons. The third-order valence-electron chi connectivity index (χ3n) is 4.65. The lowest BCUT2D eigenvalue weighted by molar-refractivity contribution is -0.131. The number of fused-ring (bicyclic) bond motifs is 1. The molecule has 0 spiro atoms. The number of hydrogen-bond acceptors (Lipinski definition) is 5. The average Bonchev–Trinajstić information content (AvgIpc) is 3.13. The van der Waals surface area contributed by atoms with Crippen molar-refractivity contribution >= 4 is 28.8 Å². The molecule has 2 N–H and O–H groups in total. The molecule has 0 aromatic carbocycles. The van der Waals surface area contributed by atoms with E-state index in [1.165, 1.54) is 29.2 Å². The number of anilines is 1. The quantitative estimate of drug-likeness (QED) is 0.470. The number of carbonyl (C=O) groups excluding carboxylic acids is 1. The maximum Gasteiger partial charge on any atom is 0.390 e. The summed E-state index contributed by atoms with van der Waals surface area (Å²) in [5.74, 6) is -0.941. The fourth-order valence-electron chi connectivity index (χ4n) is 2.82. The van der Waals surface area contributed by atoms with Gasteiger partial charge in [0, 0.05) is 25.5 Å². The summed E-state index contributed by atoms with van der Waals surface area (Å²) in [6.45, 7) is 2.68. The number of amides is 1.